The molecule has 0 fully saturated rings. The number of ketones is 1. The highest BCUT2D eigenvalue weighted by atomic mass is 16.5. The number of esters is 1. The molecule has 1 amide bonds. The Morgan fingerprint density at radius 1 is 0.902 bits per heavy atom. The molecule has 2 heterocycles. The van der Waals surface area contributed by atoms with Crippen LogP contribution in [0.3, 0.4) is 0 Å². The molecule has 3 aromatic carbocycles. The molecule has 1 aliphatic rings. The van der Waals surface area contributed by atoms with Crippen LogP contribution in [0.25, 0.3) is 33.3 Å². The molecule has 1 N–H and O–H groups in total. The number of anilines is 1. The highest BCUT2D eigenvalue weighted by Crippen LogP contribution is 2.39. The van der Waals surface area contributed by atoms with Crippen LogP contribution in [0.2, 0.25) is 0 Å². The first-order valence-corrected chi connectivity index (χ1v) is 13.0. The molecule has 5 aromatic rings. The van der Waals surface area contributed by atoms with Crippen molar-refractivity contribution in [1.29, 1.82) is 0 Å². The summed E-state index contributed by atoms with van der Waals surface area (Å²) in [7, 11) is 0. The second-order valence-electron chi connectivity index (χ2n) is 9.88. The molecule has 1 atom stereocenters. The van der Waals surface area contributed by atoms with Gasteiger partial charge in [-0.25, -0.2) is 4.68 Å². The summed E-state index contributed by atoms with van der Waals surface area (Å²) in [6.45, 7) is 2.85. The van der Waals surface area contributed by atoms with Gasteiger partial charge in [0.15, 0.2) is 5.78 Å². The highest BCUT2D eigenvalue weighted by Gasteiger charge is 2.33. The average molecular weight is 548 g/mol. The lowest BCUT2D eigenvalue weighted by atomic mass is 10.0. The van der Waals surface area contributed by atoms with E-state index in [0.29, 0.717) is 44.5 Å². The van der Waals surface area contributed by atoms with E-state index in [-0.39, 0.29) is 30.3 Å². The molecule has 0 radical (unpaired) electrons. The molecule has 10 heteroatoms. The lowest BCUT2D eigenvalue weighted by Gasteiger charge is -2.21. The summed E-state index contributed by atoms with van der Waals surface area (Å²) in [6.07, 6.45) is 0.911. The Hall–Kier alpha value is -5.38. The Morgan fingerprint density at radius 2 is 1.63 bits per heavy atom. The minimum Gasteiger partial charge on any atom is -0.459 e. The number of aromatic nitrogens is 4. The maximum absolute atomic E-state index is 13.8. The fourth-order valence-electron chi connectivity index (χ4n) is 5.36. The number of nitrogens with one attached hydrogen (secondary N) is 1. The van der Waals surface area contributed by atoms with Gasteiger partial charge in [0.1, 0.15) is 11.8 Å². The van der Waals surface area contributed by atoms with Crippen molar-refractivity contribution in [3.63, 3.8) is 0 Å². The van der Waals surface area contributed by atoms with Crippen LogP contribution in [0.1, 0.15) is 29.8 Å². The summed E-state index contributed by atoms with van der Waals surface area (Å²) in [5.41, 5.74) is 3.81. The lowest BCUT2D eigenvalue weighted by molar-refractivity contribution is -0.147. The first-order valence-electron chi connectivity index (χ1n) is 13.0. The Kier molecular flexibility index (Phi) is 6.50. The molecule has 0 saturated heterocycles. The van der Waals surface area contributed by atoms with E-state index < -0.39 is 12.1 Å². The van der Waals surface area contributed by atoms with Gasteiger partial charge in [-0.3, -0.25) is 19.2 Å². The van der Waals surface area contributed by atoms with E-state index >= 15 is 0 Å². The van der Waals surface area contributed by atoms with Gasteiger partial charge in [-0.1, -0.05) is 59.8 Å². The zero-order valence-electron chi connectivity index (χ0n) is 22.3. The third kappa shape index (κ3) is 4.80. The van der Waals surface area contributed by atoms with Crippen molar-refractivity contribution in [3.05, 3.63) is 100 Å². The SMILES string of the molecule is CC(=O)Nc1cccc(-c2cn(CC(Cn3c4c(c5ccccc5c3=O)C(=O)c3ccccc3-4)OC(C)=O)nn2)c1. The Morgan fingerprint density at radius 3 is 2.39 bits per heavy atom. The van der Waals surface area contributed by atoms with Crippen molar-refractivity contribution in [2.45, 2.75) is 33.0 Å². The molecule has 10 nitrogen and oxygen atoms in total. The van der Waals surface area contributed by atoms with Gasteiger partial charge < -0.3 is 14.6 Å². The summed E-state index contributed by atoms with van der Waals surface area (Å²) in [6, 6.07) is 21.4. The number of pyridine rings is 1. The number of benzene rings is 3. The van der Waals surface area contributed by atoms with Crippen LogP contribution in [0, 0.1) is 0 Å². The van der Waals surface area contributed by atoms with Crippen LogP contribution in [-0.4, -0.2) is 43.3 Å². The molecular weight excluding hydrogens is 522 g/mol. The molecule has 1 unspecified atom stereocenters. The first-order chi connectivity index (χ1) is 19.8. The molecule has 0 spiro atoms. The third-order valence-electron chi connectivity index (χ3n) is 6.96. The minimum absolute atomic E-state index is 0.000402. The molecule has 2 aromatic heterocycles. The Balaban J connectivity index is 1.38. The zero-order valence-corrected chi connectivity index (χ0v) is 22.3. The van der Waals surface area contributed by atoms with E-state index in [2.05, 4.69) is 15.6 Å². The number of rotatable bonds is 7. The van der Waals surface area contributed by atoms with Gasteiger partial charge in [-0.05, 0) is 18.2 Å². The van der Waals surface area contributed by atoms with Crippen LogP contribution < -0.4 is 10.9 Å². The van der Waals surface area contributed by atoms with E-state index in [1.165, 1.54) is 18.4 Å². The fourth-order valence-corrected chi connectivity index (χ4v) is 5.36. The van der Waals surface area contributed by atoms with Crippen molar-refractivity contribution < 1.29 is 19.1 Å². The van der Waals surface area contributed by atoms with Gasteiger partial charge >= 0.3 is 5.97 Å². The van der Waals surface area contributed by atoms with Gasteiger partial charge in [0, 0.05) is 47.0 Å². The fraction of sp³-hybridized carbons (Fsp3) is 0.161. The molecule has 6 rings (SSSR count). The predicted octanol–water partition coefficient (Wildman–Crippen LogP) is 4.06. The molecule has 0 bridgehead atoms. The second-order valence-corrected chi connectivity index (χ2v) is 9.88. The Labute approximate surface area is 234 Å². The number of hydrogen-bond acceptors (Lipinski definition) is 7. The van der Waals surface area contributed by atoms with E-state index in [9.17, 15) is 19.2 Å². The minimum atomic E-state index is -0.793. The largest absolute Gasteiger partial charge is 0.459 e. The Bertz CT molecular complexity index is 1920. The number of amides is 1. The summed E-state index contributed by atoms with van der Waals surface area (Å²) in [5, 5.41) is 12.2. The molecule has 204 valence electrons. The number of carbonyl (C=O) groups excluding carboxylic acids is 3. The van der Waals surface area contributed by atoms with Gasteiger partial charge in [-0.15, -0.1) is 5.10 Å². The standard InChI is InChI=1S/C31H25N5O5/c1-18(37)32-21-9-7-8-20(14-21)27-17-35(34-33-27)15-22(41-19(2)38)16-36-29-24-11-4-5-12-25(24)30(39)28(29)23-10-3-6-13-26(23)31(36)40/h3-14,17,22H,15-16H2,1-2H3,(H,32,37). The normalized spacial score (nSPS) is 12.6. The molecule has 1 aliphatic carbocycles. The molecule has 0 saturated carbocycles. The molecule has 0 aliphatic heterocycles. The summed E-state index contributed by atoms with van der Waals surface area (Å²) >= 11 is 0. The van der Waals surface area contributed by atoms with Crippen LogP contribution in [-0.2, 0) is 27.4 Å². The van der Waals surface area contributed by atoms with E-state index in [0.717, 1.165) is 5.56 Å². The lowest BCUT2D eigenvalue weighted by Crippen LogP contribution is -2.34. The van der Waals surface area contributed by atoms with Crippen molar-refractivity contribution in [1.82, 2.24) is 19.6 Å². The van der Waals surface area contributed by atoms with E-state index in [1.54, 1.807) is 65.5 Å². The van der Waals surface area contributed by atoms with Crippen LogP contribution in [0.15, 0.2) is 83.8 Å². The van der Waals surface area contributed by atoms with Crippen LogP contribution in [0.4, 0.5) is 5.69 Å². The van der Waals surface area contributed by atoms with Crippen molar-refractivity contribution in [2.24, 2.45) is 0 Å². The van der Waals surface area contributed by atoms with E-state index in [1.807, 2.05) is 18.2 Å². The van der Waals surface area contributed by atoms with Crippen molar-refractivity contribution >= 4 is 34.1 Å². The van der Waals surface area contributed by atoms with Gasteiger partial charge in [0.2, 0.25) is 5.91 Å². The maximum Gasteiger partial charge on any atom is 0.303 e. The summed E-state index contributed by atoms with van der Waals surface area (Å²) in [4.78, 5) is 50.9. The number of fused-ring (bicyclic) bond motifs is 5. The topological polar surface area (TPSA) is 125 Å². The smallest absolute Gasteiger partial charge is 0.303 e. The van der Waals surface area contributed by atoms with E-state index in [4.69, 9.17) is 4.74 Å². The average Bonchev–Trinajstić information content (AvgIpc) is 3.53. The van der Waals surface area contributed by atoms with Crippen molar-refractivity contribution in [2.75, 3.05) is 5.32 Å². The molecular formula is C31H25N5O5. The van der Waals surface area contributed by atoms with Gasteiger partial charge in [0.05, 0.1) is 30.5 Å². The first kappa shape index (κ1) is 25.9. The molecule has 41 heavy (non-hydrogen) atoms. The van der Waals surface area contributed by atoms with Crippen LogP contribution in [0.5, 0.6) is 0 Å². The summed E-state index contributed by atoms with van der Waals surface area (Å²) < 4.78 is 8.73. The number of hydrogen-bond donors (Lipinski definition) is 1. The third-order valence-corrected chi connectivity index (χ3v) is 6.96. The summed E-state index contributed by atoms with van der Waals surface area (Å²) in [5.74, 6) is -0.845. The number of carbonyl (C=O) groups is 3. The zero-order chi connectivity index (χ0) is 28.7. The number of ether oxygens (including phenoxy) is 1. The number of nitrogens with zero attached hydrogens (tertiary/aromatic N) is 4. The quantitative estimate of drug-likeness (QED) is 0.299. The van der Waals surface area contributed by atoms with Crippen molar-refractivity contribution in [3.8, 4) is 22.5 Å². The maximum atomic E-state index is 13.8. The van der Waals surface area contributed by atoms with Gasteiger partial charge in [0.25, 0.3) is 5.56 Å². The monoisotopic (exact) mass is 547 g/mol. The van der Waals surface area contributed by atoms with Crippen LogP contribution >= 0.6 is 0 Å². The predicted molar refractivity (Wildman–Crippen MR) is 152 cm³/mol. The second kappa shape index (κ2) is 10.3. The van der Waals surface area contributed by atoms with Gasteiger partial charge in [-0.2, -0.15) is 0 Å². The highest BCUT2D eigenvalue weighted by molar-refractivity contribution is 6.26.